The van der Waals surface area contributed by atoms with E-state index in [1.54, 1.807) is 12.1 Å². The molecular weight excluding hydrogens is 284 g/mol. The first kappa shape index (κ1) is 15.4. The van der Waals surface area contributed by atoms with Gasteiger partial charge in [-0.15, -0.1) is 0 Å². The second kappa shape index (κ2) is 7.67. The Kier molecular flexibility index (Phi) is 5.36. The van der Waals surface area contributed by atoms with E-state index in [2.05, 4.69) is 26.1 Å². The van der Waals surface area contributed by atoms with Crippen molar-refractivity contribution in [2.45, 2.75) is 6.92 Å². The highest BCUT2D eigenvalue weighted by Gasteiger charge is 2.08. The van der Waals surface area contributed by atoms with Gasteiger partial charge in [-0.1, -0.05) is 18.2 Å². The Bertz CT molecular complexity index is 620. The number of hydrazine groups is 1. The molecule has 1 heterocycles. The van der Waals surface area contributed by atoms with Gasteiger partial charge in [0, 0.05) is 6.54 Å². The van der Waals surface area contributed by atoms with Gasteiger partial charge in [0.15, 0.2) is 18.2 Å². The number of benzene rings is 1. The van der Waals surface area contributed by atoms with Crippen molar-refractivity contribution in [2.24, 2.45) is 0 Å². The van der Waals surface area contributed by atoms with E-state index in [0.717, 1.165) is 0 Å². The molecule has 0 aliphatic heterocycles. The minimum Gasteiger partial charge on any atom is -0.484 e. The number of amides is 1. The van der Waals surface area contributed by atoms with Gasteiger partial charge in [-0.25, -0.2) is 9.97 Å². The Morgan fingerprint density at radius 3 is 2.68 bits per heavy atom. The van der Waals surface area contributed by atoms with Gasteiger partial charge in [0.25, 0.3) is 5.91 Å². The number of hydrogen-bond donors (Lipinski definition) is 4. The first-order chi connectivity index (χ1) is 10.7. The first-order valence-electron chi connectivity index (χ1n) is 6.77. The molecule has 0 atom stereocenters. The van der Waals surface area contributed by atoms with Crippen molar-refractivity contribution in [2.75, 3.05) is 29.6 Å². The van der Waals surface area contributed by atoms with Crippen molar-refractivity contribution in [3.63, 3.8) is 0 Å². The summed E-state index contributed by atoms with van der Waals surface area (Å²) in [6.45, 7) is 2.48. The molecule has 116 valence electrons. The highest BCUT2D eigenvalue weighted by molar-refractivity contribution is 5.81. The molecular formula is C14H18N6O2. The van der Waals surface area contributed by atoms with Crippen molar-refractivity contribution in [1.82, 2.24) is 15.4 Å². The van der Waals surface area contributed by atoms with Crippen LogP contribution in [0.2, 0.25) is 0 Å². The molecule has 0 unspecified atom stereocenters. The Morgan fingerprint density at radius 2 is 1.95 bits per heavy atom. The Balaban J connectivity index is 1.85. The summed E-state index contributed by atoms with van der Waals surface area (Å²) in [6.07, 6.45) is 1.35. The third-order valence-corrected chi connectivity index (χ3v) is 2.66. The lowest BCUT2D eigenvalue weighted by Crippen LogP contribution is -2.34. The summed E-state index contributed by atoms with van der Waals surface area (Å²) in [4.78, 5) is 19.7. The lowest BCUT2D eigenvalue weighted by atomic mass is 10.3. The van der Waals surface area contributed by atoms with Gasteiger partial charge in [-0.3, -0.25) is 15.6 Å². The van der Waals surface area contributed by atoms with Crippen LogP contribution in [0, 0.1) is 0 Å². The number of para-hydroxylation sites is 1. The van der Waals surface area contributed by atoms with E-state index in [4.69, 9.17) is 10.5 Å². The minimum absolute atomic E-state index is 0.123. The molecule has 0 saturated heterocycles. The largest absolute Gasteiger partial charge is 0.484 e. The van der Waals surface area contributed by atoms with Gasteiger partial charge in [-0.2, -0.15) is 0 Å². The summed E-state index contributed by atoms with van der Waals surface area (Å²) >= 11 is 0. The highest BCUT2D eigenvalue weighted by Crippen LogP contribution is 2.21. The third-order valence-electron chi connectivity index (χ3n) is 2.66. The number of carbonyl (C=O) groups is 1. The second-order valence-electron chi connectivity index (χ2n) is 4.29. The molecule has 8 heteroatoms. The predicted octanol–water partition coefficient (Wildman–Crippen LogP) is 1.01. The first-order valence-corrected chi connectivity index (χ1v) is 6.77. The number of nitrogens with two attached hydrogens (primary N) is 1. The quantitative estimate of drug-likeness (QED) is 0.564. The summed E-state index contributed by atoms with van der Waals surface area (Å²) in [5, 5.41) is 3.00. The van der Waals surface area contributed by atoms with Crippen molar-refractivity contribution in [3.05, 3.63) is 36.7 Å². The van der Waals surface area contributed by atoms with Crippen LogP contribution in [0.15, 0.2) is 36.7 Å². The number of ether oxygens (including phenoxy) is 1. The maximum absolute atomic E-state index is 11.7. The highest BCUT2D eigenvalue weighted by atomic mass is 16.5. The molecule has 0 aliphatic carbocycles. The maximum Gasteiger partial charge on any atom is 0.276 e. The molecule has 1 aromatic carbocycles. The van der Waals surface area contributed by atoms with E-state index in [0.29, 0.717) is 29.6 Å². The number of nitrogens with zero attached hydrogens (tertiary/aromatic N) is 2. The summed E-state index contributed by atoms with van der Waals surface area (Å²) in [5.41, 5.74) is 11.3. The van der Waals surface area contributed by atoms with Crippen molar-refractivity contribution < 1.29 is 9.53 Å². The van der Waals surface area contributed by atoms with Crippen LogP contribution < -0.4 is 26.6 Å². The number of hydrogen-bond acceptors (Lipinski definition) is 7. The molecule has 5 N–H and O–H groups in total. The summed E-state index contributed by atoms with van der Waals surface area (Å²) in [6, 6.07) is 9.07. The van der Waals surface area contributed by atoms with Crippen LogP contribution >= 0.6 is 0 Å². The Labute approximate surface area is 128 Å². The number of rotatable bonds is 7. The van der Waals surface area contributed by atoms with Crippen LogP contribution in [0.25, 0.3) is 0 Å². The maximum atomic E-state index is 11.7. The van der Waals surface area contributed by atoms with Crippen molar-refractivity contribution in [3.8, 4) is 5.75 Å². The molecule has 2 aromatic rings. The molecule has 8 nitrogen and oxygen atoms in total. The zero-order chi connectivity index (χ0) is 15.8. The number of anilines is 3. The summed E-state index contributed by atoms with van der Waals surface area (Å²) in [7, 11) is 0. The van der Waals surface area contributed by atoms with Gasteiger partial charge in [0.2, 0.25) is 0 Å². The van der Waals surface area contributed by atoms with Crippen LogP contribution in [0.5, 0.6) is 5.75 Å². The molecule has 0 radical (unpaired) electrons. The molecule has 0 saturated carbocycles. The van der Waals surface area contributed by atoms with E-state index in [9.17, 15) is 4.79 Å². The molecule has 0 spiro atoms. The SMILES string of the molecule is CCNc1ncnc(NNC(=O)COc2ccccc2)c1N. The van der Waals surface area contributed by atoms with Crippen LogP contribution in [-0.4, -0.2) is 29.0 Å². The average Bonchev–Trinajstić information content (AvgIpc) is 2.55. The molecule has 2 rings (SSSR count). The van der Waals surface area contributed by atoms with Crippen LogP contribution in [0.4, 0.5) is 17.3 Å². The fourth-order valence-corrected chi connectivity index (χ4v) is 1.63. The number of nitrogens with one attached hydrogen (secondary N) is 3. The Hall–Kier alpha value is -3.03. The fourth-order valence-electron chi connectivity index (χ4n) is 1.63. The Morgan fingerprint density at radius 1 is 1.23 bits per heavy atom. The van der Waals surface area contributed by atoms with E-state index in [1.165, 1.54) is 6.33 Å². The van der Waals surface area contributed by atoms with Gasteiger partial charge in [0.1, 0.15) is 17.8 Å². The van der Waals surface area contributed by atoms with E-state index in [-0.39, 0.29) is 12.5 Å². The normalized spacial score (nSPS) is 9.86. The van der Waals surface area contributed by atoms with Crippen LogP contribution in [-0.2, 0) is 4.79 Å². The molecule has 0 aliphatic rings. The zero-order valence-corrected chi connectivity index (χ0v) is 12.2. The molecule has 0 fully saturated rings. The van der Waals surface area contributed by atoms with Gasteiger partial charge in [-0.05, 0) is 19.1 Å². The average molecular weight is 302 g/mol. The monoisotopic (exact) mass is 302 g/mol. The molecule has 0 bridgehead atoms. The minimum atomic E-state index is -0.355. The van der Waals surface area contributed by atoms with E-state index < -0.39 is 0 Å². The summed E-state index contributed by atoms with van der Waals surface area (Å²) in [5.74, 6) is 1.09. The topological polar surface area (TPSA) is 114 Å². The third kappa shape index (κ3) is 4.23. The number of aromatic nitrogens is 2. The van der Waals surface area contributed by atoms with E-state index >= 15 is 0 Å². The molecule has 1 aromatic heterocycles. The summed E-state index contributed by atoms with van der Waals surface area (Å²) < 4.78 is 5.32. The zero-order valence-electron chi connectivity index (χ0n) is 12.2. The number of nitrogen functional groups attached to an aromatic ring is 1. The van der Waals surface area contributed by atoms with Gasteiger partial charge >= 0.3 is 0 Å². The second-order valence-corrected chi connectivity index (χ2v) is 4.29. The molecule has 22 heavy (non-hydrogen) atoms. The number of carbonyl (C=O) groups excluding carboxylic acids is 1. The van der Waals surface area contributed by atoms with Crippen LogP contribution in [0.1, 0.15) is 6.92 Å². The standard InChI is InChI=1S/C14H18N6O2/c1-2-16-13-12(15)14(18-9-17-13)20-19-11(21)8-22-10-6-4-3-5-7-10/h3-7,9H,2,8,15H2,1H3,(H,19,21)(H2,16,17,18,20). The lowest BCUT2D eigenvalue weighted by molar-refractivity contribution is -0.122. The van der Waals surface area contributed by atoms with Gasteiger partial charge in [0.05, 0.1) is 0 Å². The smallest absolute Gasteiger partial charge is 0.276 e. The van der Waals surface area contributed by atoms with Crippen molar-refractivity contribution in [1.29, 1.82) is 0 Å². The van der Waals surface area contributed by atoms with Crippen molar-refractivity contribution >= 4 is 23.2 Å². The molecule has 1 amide bonds. The fraction of sp³-hybridized carbons (Fsp3) is 0.214. The predicted molar refractivity (Wildman–Crippen MR) is 84.3 cm³/mol. The lowest BCUT2D eigenvalue weighted by Gasteiger charge is -2.12. The van der Waals surface area contributed by atoms with Gasteiger partial charge < -0.3 is 15.8 Å². The van der Waals surface area contributed by atoms with Crippen LogP contribution in [0.3, 0.4) is 0 Å². The van der Waals surface area contributed by atoms with E-state index in [1.807, 2.05) is 25.1 Å².